The quantitative estimate of drug-likeness (QED) is 0.231. The molecule has 6 aromatic rings. The van der Waals surface area contributed by atoms with E-state index in [0.29, 0.717) is 10.0 Å². The van der Waals surface area contributed by atoms with E-state index >= 15 is 0 Å². The minimum Gasteiger partial charge on any atom is -0.0829 e. The predicted octanol–water partition coefficient (Wildman–Crippen LogP) is 9.79. The van der Waals surface area contributed by atoms with Crippen molar-refractivity contribution in [3.8, 4) is 22.3 Å². The molecule has 0 aliphatic carbocycles. The fourth-order valence-electron chi connectivity index (χ4n) is 4.82. The van der Waals surface area contributed by atoms with Gasteiger partial charge in [0.05, 0.1) is 10.0 Å². The SMILES string of the molecule is Clc1c2ccccc2c(-c2ccccc2)c2c(-c3ccccc3)c3ccccc3c(Cl)c12. The van der Waals surface area contributed by atoms with Crippen LogP contribution in [-0.2, 0) is 0 Å². The fourth-order valence-corrected chi connectivity index (χ4v) is 5.58. The average molecular weight is 449 g/mol. The summed E-state index contributed by atoms with van der Waals surface area (Å²) < 4.78 is 0. The molecular weight excluding hydrogens is 431 g/mol. The van der Waals surface area contributed by atoms with E-state index in [9.17, 15) is 0 Å². The molecule has 6 aromatic carbocycles. The summed E-state index contributed by atoms with van der Waals surface area (Å²) in [4.78, 5) is 0. The number of halogens is 2. The lowest BCUT2D eigenvalue weighted by atomic mass is 9.85. The van der Waals surface area contributed by atoms with Crippen LogP contribution in [0.1, 0.15) is 0 Å². The molecule has 0 N–H and O–H groups in total. The molecule has 0 heterocycles. The number of benzene rings is 6. The van der Waals surface area contributed by atoms with Crippen molar-refractivity contribution >= 4 is 55.5 Å². The molecule has 0 unspecified atom stereocenters. The van der Waals surface area contributed by atoms with Crippen LogP contribution < -0.4 is 0 Å². The number of hydrogen-bond donors (Lipinski definition) is 0. The van der Waals surface area contributed by atoms with Gasteiger partial charge in [0, 0.05) is 21.5 Å². The Morgan fingerprint density at radius 1 is 0.344 bits per heavy atom. The first-order valence-electron chi connectivity index (χ1n) is 10.6. The lowest BCUT2D eigenvalue weighted by Gasteiger charge is -2.21. The maximum Gasteiger partial charge on any atom is 0.0578 e. The molecular formula is C30H18Cl2. The van der Waals surface area contributed by atoms with E-state index in [0.717, 1.165) is 54.6 Å². The van der Waals surface area contributed by atoms with Crippen molar-refractivity contribution in [1.82, 2.24) is 0 Å². The standard InChI is InChI=1S/C30H18Cl2/c31-29-23-17-9-7-15-21(23)25(19-11-3-1-4-12-19)27-26(20-13-5-2-6-14-20)22-16-8-10-18-24(22)30(32)28(27)29/h1-18H. The van der Waals surface area contributed by atoms with Gasteiger partial charge in [0.2, 0.25) is 0 Å². The average Bonchev–Trinajstić information content (AvgIpc) is 2.86. The molecule has 152 valence electrons. The molecule has 2 heteroatoms. The van der Waals surface area contributed by atoms with Gasteiger partial charge in [-0.15, -0.1) is 0 Å². The second kappa shape index (κ2) is 7.67. The van der Waals surface area contributed by atoms with E-state index < -0.39 is 0 Å². The van der Waals surface area contributed by atoms with Gasteiger partial charge in [-0.1, -0.05) is 132 Å². The van der Waals surface area contributed by atoms with Crippen LogP contribution in [0.3, 0.4) is 0 Å². The fraction of sp³-hybridized carbons (Fsp3) is 0. The minimum atomic E-state index is 0.697. The zero-order valence-corrected chi connectivity index (χ0v) is 18.7. The van der Waals surface area contributed by atoms with Gasteiger partial charge in [0.1, 0.15) is 0 Å². The Morgan fingerprint density at radius 2 is 0.688 bits per heavy atom. The van der Waals surface area contributed by atoms with Crippen molar-refractivity contribution in [2.75, 3.05) is 0 Å². The first-order chi connectivity index (χ1) is 15.8. The summed E-state index contributed by atoms with van der Waals surface area (Å²) in [6.07, 6.45) is 0. The third-order valence-corrected chi connectivity index (χ3v) is 6.96. The largest absolute Gasteiger partial charge is 0.0829 e. The van der Waals surface area contributed by atoms with Crippen molar-refractivity contribution in [1.29, 1.82) is 0 Å². The van der Waals surface area contributed by atoms with Crippen LogP contribution in [0.2, 0.25) is 10.0 Å². The summed E-state index contributed by atoms with van der Waals surface area (Å²) in [5.41, 5.74) is 4.61. The van der Waals surface area contributed by atoms with Gasteiger partial charge in [-0.3, -0.25) is 0 Å². The van der Waals surface area contributed by atoms with Crippen molar-refractivity contribution < 1.29 is 0 Å². The molecule has 0 aromatic heterocycles. The number of rotatable bonds is 2. The smallest absolute Gasteiger partial charge is 0.0578 e. The molecule has 0 atom stereocenters. The molecule has 0 fully saturated rings. The third-order valence-electron chi connectivity index (χ3n) is 6.18. The molecule has 0 radical (unpaired) electrons. The van der Waals surface area contributed by atoms with Gasteiger partial charge in [-0.25, -0.2) is 0 Å². The highest BCUT2D eigenvalue weighted by Gasteiger charge is 2.22. The lowest BCUT2D eigenvalue weighted by Crippen LogP contribution is -1.93. The Labute approximate surface area is 196 Å². The van der Waals surface area contributed by atoms with Crippen molar-refractivity contribution in [2.24, 2.45) is 0 Å². The molecule has 0 aliphatic heterocycles. The maximum absolute atomic E-state index is 7.11. The van der Waals surface area contributed by atoms with Crippen LogP contribution in [0.5, 0.6) is 0 Å². The summed E-state index contributed by atoms with van der Waals surface area (Å²) in [6, 6.07) is 37.7. The molecule has 0 saturated carbocycles. The zero-order chi connectivity index (χ0) is 21.7. The Kier molecular flexibility index (Phi) is 4.64. The van der Waals surface area contributed by atoms with Gasteiger partial charge >= 0.3 is 0 Å². The molecule has 0 nitrogen and oxygen atoms in total. The van der Waals surface area contributed by atoms with E-state index in [1.165, 1.54) is 0 Å². The normalized spacial score (nSPS) is 11.4. The monoisotopic (exact) mass is 448 g/mol. The summed E-state index contributed by atoms with van der Waals surface area (Å²) in [7, 11) is 0. The van der Waals surface area contributed by atoms with Crippen LogP contribution >= 0.6 is 23.2 Å². The van der Waals surface area contributed by atoms with Gasteiger partial charge in [-0.05, 0) is 33.0 Å². The van der Waals surface area contributed by atoms with Crippen LogP contribution in [-0.4, -0.2) is 0 Å². The van der Waals surface area contributed by atoms with E-state index in [4.69, 9.17) is 23.2 Å². The summed E-state index contributed by atoms with van der Waals surface area (Å²) in [6.45, 7) is 0. The van der Waals surface area contributed by atoms with E-state index in [1.807, 2.05) is 24.3 Å². The van der Waals surface area contributed by atoms with Crippen LogP contribution in [0.15, 0.2) is 109 Å². The van der Waals surface area contributed by atoms with E-state index in [1.54, 1.807) is 0 Å². The Morgan fingerprint density at radius 3 is 1.09 bits per heavy atom. The minimum absolute atomic E-state index is 0.697. The topological polar surface area (TPSA) is 0 Å². The highest BCUT2D eigenvalue weighted by atomic mass is 35.5. The summed E-state index contributed by atoms with van der Waals surface area (Å²) in [5.74, 6) is 0. The molecule has 32 heavy (non-hydrogen) atoms. The zero-order valence-electron chi connectivity index (χ0n) is 17.1. The number of fused-ring (bicyclic) bond motifs is 3. The second-order valence-corrected chi connectivity index (χ2v) is 8.71. The van der Waals surface area contributed by atoms with Crippen LogP contribution in [0.4, 0.5) is 0 Å². The van der Waals surface area contributed by atoms with Crippen LogP contribution in [0, 0.1) is 0 Å². The highest BCUT2D eigenvalue weighted by Crippen LogP contribution is 2.51. The van der Waals surface area contributed by atoms with Gasteiger partial charge in [-0.2, -0.15) is 0 Å². The molecule has 0 bridgehead atoms. The molecule has 0 saturated heterocycles. The highest BCUT2D eigenvalue weighted by molar-refractivity contribution is 6.50. The molecule has 0 spiro atoms. The third kappa shape index (κ3) is 2.84. The molecule has 6 rings (SSSR count). The second-order valence-electron chi connectivity index (χ2n) is 7.95. The first-order valence-corrected chi connectivity index (χ1v) is 11.4. The molecule has 0 amide bonds. The van der Waals surface area contributed by atoms with Crippen LogP contribution in [0.25, 0.3) is 54.6 Å². The Hall–Kier alpha value is -3.32. The molecule has 0 aliphatic rings. The predicted molar refractivity (Wildman–Crippen MR) is 140 cm³/mol. The summed E-state index contributed by atoms with van der Waals surface area (Å²) in [5, 5.41) is 7.66. The van der Waals surface area contributed by atoms with Crippen molar-refractivity contribution in [2.45, 2.75) is 0 Å². The van der Waals surface area contributed by atoms with Gasteiger partial charge < -0.3 is 0 Å². The Bertz CT molecular complexity index is 1500. The maximum atomic E-state index is 7.11. The van der Waals surface area contributed by atoms with Gasteiger partial charge in [0.25, 0.3) is 0 Å². The van der Waals surface area contributed by atoms with Crippen molar-refractivity contribution in [3.05, 3.63) is 119 Å². The first kappa shape index (κ1) is 19.4. The van der Waals surface area contributed by atoms with E-state index in [2.05, 4.69) is 84.9 Å². The Balaban J connectivity index is 2.00. The van der Waals surface area contributed by atoms with E-state index in [-0.39, 0.29) is 0 Å². The van der Waals surface area contributed by atoms with Crippen molar-refractivity contribution in [3.63, 3.8) is 0 Å². The van der Waals surface area contributed by atoms with Gasteiger partial charge in [0.15, 0.2) is 0 Å². The summed E-state index contributed by atoms with van der Waals surface area (Å²) >= 11 is 14.2. The lowest BCUT2D eigenvalue weighted by molar-refractivity contribution is 1.65. The number of hydrogen-bond acceptors (Lipinski definition) is 0.